The summed E-state index contributed by atoms with van der Waals surface area (Å²) in [6, 6.07) is 4.09. The first-order valence-electron chi connectivity index (χ1n) is 7.39. The largest absolute Gasteiger partial charge is 0.366 e. The molecule has 0 unspecified atom stereocenters. The van der Waals surface area contributed by atoms with Crippen LogP contribution >= 0.6 is 0 Å². The minimum Gasteiger partial charge on any atom is -0.366 e. The van der Waals surface area contributed by atoms with Crippen LogP contribution in [0.25, 0.3) is 11.0 Å². The van der Waals surface area contributed by atoms with E-state index in [4.69, 9.17) is 5.73 Å². The van der Waals surface area contributed by atoms with Gasteiger partial charge in [-0.1, -0.05) is 6.92 Å². The van der Waals surface area contributed by atoms with Crippen molar-refractivity contribution < 1.29 is 0 Å². The van der Waals surface area contributed by atoms with Gasteiger partial charge in [0.05, 0.1) is 23.7 Å². The Morgan fingerprint density at radius 2 is 2.00 bits per heavy atom. The van der Waals surface area contributed by atoms with Crippen molar-refractivity contribution in [2.75, 3.05) is 5.32 Å². The van der Waals surface area contributed by atoms with E-state index >= 15 is 0 Å². The van der Waals surface area contributed by atoms with Crippen LogP contribution in [0, 0.1) is 0 Å². The standard InChI is InChI=1S/C16H20N6/c1-3-11-4-13(6-17)18-7-12(11)8-19-16-5-15-14(9-20-16)21-10-22(15)2/h4-5,7,9-10H,3,6,8,17H2,1-2H3,(H,19,20). The third-order valence-corrected chi connectivity index (χ3v) is 3.80. The van der Waals surface area contributed by atoms with Gasteiger partial charge in [-0.25, -0.2) is 9.97 Å². The molecule has 0 bridgehead atoms. The van der Waals surface area contributed by atoms with Crippen molar-refractivity contribution in [3.8, 4) is 0 Å². The van der Waals surface area contributed by atoms with Crippen molar-refractivity contribution in [2.45, 2.75) is 26.4 Å². The van der Waals surface area contributed by atoms with Crippen LogP contribution < -0.4 is 11.1 Å². The lowest BCUT2D eigenvalue weighted by atomic mass is 10.1. The normalized spacial score (nSPS) is 11.0. The molecule has 6 nitrogen and oxygen atoms in total. The van der Waals surface area contributed by atoms with E-state index < -0.39 is 0 Å². The average molecular weight is 296 g/mol. The molecule has 22 heavy (non-hydrogen) atoms. The van der Waals surface area contributed by atoms with Gasteiger partial charge < -0.3 is 15.6 Å². The van der Waals surface area contributed by atoms with E-state index in [0.29, 0.717) is 13.1 Å². The Balaban J connectivity index is 1.80. The van der Waals surface area contributed by atoms with Crippen LogP contribution in [-0.2, 0) is 26.6 Å². The molecule has 6 heteroatoms. The van der Waals surface area contributed by atoms with E-state index in [1.807, 2.05) is 23.9 Å². The molecule has 3 heterocycles. The first-order chi connectivity index (χ1) is 10.7. The molecule has 0 aliphatic carbocycles. The Kier molecular flexibility index (Phi) is 4.02. The van der Waals surface area contributed by atoms with E-state index in [9.17, 15) is 0 Å². The number of anilines is 1. The number of rotatable bonds is 5. The van der Waals surface area contributed by atoms with Gasteiger partial charge in [-0.15, -0.1) is 0 Å². The van der Waals surface area contributed by atoms with Crippen LogP contribution in [0.1, 0.15) is 23.7 Å². The highest BCUT2D eigenvalue weighted by atomic mass is 15.0. The van der Waals surface area contributed by atoms with Crippen molar-refractivity contribution in [1.29, 1.82) is 0 Å². The summed E-state index contributed by atoms with van der Waals surface area (Å²) in [6.07, 6.45) is 6.44. The SMILES string of the molecule is CCc1cc(CN)ncc1CNc1cc2c(cn1)ncn2C. The minimum absolute atomic E-state index is 0.472. The molecule has 0 atom stereocenters. The van der Waals surface area contributed by atoms with Crippen LogP contribution in [0.3, 0.4) is 0 Å². The lowest BCUT2D eigenvalue weighted by Crippen LogP contribution is -2.07. The van der Waals surface area contributed by atoms with Gasteiger partial charge in [0, 0.05) is 32.4 Å². The molecule has 3 N–H and O–H groups in total. The fourth-order valence-corrected chi connectivity index (χ4v) is 2.49. The molecule has 3 aromatic heterocycles. The Morgan fingerprint density at radius 1 is 1.14 bits per heavy atom. The number of pyridine rings is 2. The van der Waals surface area contributed by atoms with Crippen LogP contribution in [0.4, 0.5) is 5.82 Å². The second-order valence-electron chi connectivity index (χ2n) is 5.27. The Bertz CT molecular complexity index is 792. The lowest BCUT2D eigenvalue weighted by Gasteiger charge is -2.11. The number of nitrogens with zero attached hydrogens (tertiary/aromatic N) is 4. The van der Waals surface area contributed by atoms with Gasteiger partial charge >= 0.3 is 0 Å². The average Bonchev–Trinajstić information content (AvgIpc) is 2.93. The Hall–Kier alpha value is -2.47. The Labute approximate surface area is 129 Å². The van der Waals surface area contributed by atoms with Crippen LogP contribution in [0.15, 0.2) is 30.9 Å². The molecule has 0 saturated carbocycles. The minimum atomic E-state index is 0.472. The molecule has 0 aliphatic heterocycles. The number of nitrogens with one attached hydrogen (secondary N) is 1. The van der Waals surface area contributed by atoms with Gasteiger partial charge in [-0.2, -0.15) is 0 Å². The number of aryl methyl sites for hydroxylation is 2. The second-order valence-corrected chi connectivity index (χ2v) is 5.27. The predicted octanol–water partition coefficient (Wildman–Crippen LogP) is 2.00. The van der Waals surface area contributed by atoms with Crippen molar-refractivity contribution in [3.05, 3.63) is 47.7 Å². The zero-order valence-electron chi connectivity index (χ0n) is 12.9. The quantitative estimate of drug-likeness (QED) is 0.752. The fourth-order valence-electron chi connectivity index (χ4n) is 2.49. The van der Waals surface area contributed by atoms with E-state index in [1.54, 1.807) is 12.5 Å². The van der Waals surface area contributed by atoms with Crippen molar-refractivity contribution >= 4 is 16.9 Å². The summed E-state index contributed by atoms with van der Waals surface area (Å²) in [5.74, 6) is 0.834. The highest BCUT2D eigenvalue weighted by Crippen LogP contribution is 2.16. The summed E-state index contributed by atoms with van der Waals surface area (Å²) in [7, 11) is 1.98. The highest BCUT2D eigenvalue weighted by molar-refractivity contribution is 5.77. The fraction of sp³-hybridized carbons (Fsp3) is 0.312. The number of fused-ring (bicyclic) bond motifs is 1. The van der Waals surface area contributed by atoms with Gasteiger partial charge in [0.25, 0.3) is 0 Å². The number of nitrogens with two attached hydrogens (primary N) is 1. The summed E-state index contributed by atoms with van der Waals surface area (Å²) in [4.78, 5) is 13.0. The monoisotopic (exact) mass is 296 g/mol. The molecule has 0 fully saturated rings. The summed E-state index contributed by atoms with van der Waals surface area (Å²) in [5, 5.41) is 3.36. The summed E-state index contributed by atoms with van der Waals surface area (Å²) in [5.41, 5.74) is 11.0. The predicted molar refractivity (Wildman–Crippen MR) is 87.3 cm³/mol. The maximum absolute atomic E-state index is 5.65. The molecule has 114 valence electrons. The van der Waals surface area contributed by atoms with E-state index in [-0.39, 0.29) is 0 Å². The summed E-state index contributed by atoms with van der Waals surface area (Å²) < 4.78 is 1.98. The molecule has 0 aliphatic rings. The smallest absolute Gasteiger partial charge is 0.128 e. The van der Waals surface area contributed by atoms with E-state index in [1.165, 1.54) is 11.1 Å². The third kappa shape index (κ3) is 2.78. The summed E-state index contributed by atoms with van der Waals surface area (Å²) in [6.45, 7) is 3.30. The van der Waals surface area contributed by atoms with Crippen LogP contribution in [0.2, 0.25) is 0 Å². The highest BCUT2D eigenvalue weighted by Gasteiger charge is 2.06. The molecular weight excluding hydrogens is 276 g/mol. The molecule has 0 saturated heterocycles. The molecule has 0 spiro atoms. The van der Waals surface area contributed by atoms with Crippen molar-refractivity contribution in [1.82, 2.24) is 19.5 Å². The summed E-state index contributed by atoms with van der Waals surface area (Å²) >= 11 is 0. The van der Waals surface area contributed by atoms with Gasteiger partial charge in [-0.05, 0) is 23.6 Å². The molecule has 3 aromatic rings. The maximum Gasteiger partial charge on any atom is 0.128 e. The number of hydrogen-bond acceptors (Lipinski definition) is 5. The van der Waals surface area contributed by atoms with Crippen molar-refractivity contribution in [2.24, 2.45) is 12.8 Å². The van der Waals surface area contributed by atoms with Crippen molar-refractivity contribution in [3.63, 3.8) is 0 Å². The number of hydrogen-bond donors (Lipinski definition) is 2. The van der Waals surface area contributed by atoms with Gasteiger partial charge in [0.15, 0.2) is 0 Å². The van der Waals surface area contributed by atoms with Crippen LogP contribution in [-0.4, -0.2) is 19.5 Å². The molecular formula is C16H20N6. The number of aromatic nitrogens is 4. The van der Waals surface area contributed by atoms with Gasteiger partial charge in [0.1, 0.15) is 11.3 Å². The van der Waals surface area contributed by atoms with E-state index in [2.05, 4.69) is 33.3 Å². The lowest BCUT2D eigenvalue weighted by molar-refractivity contribution is 0.937. The Morgan fingerprint density at radius 3 is 2.77 bits per heavy atom. The molecule has 0 aromatic carbocycles. The van der Waals surface area contributed by atoms with Crippen LogP contribution in [0.5, 0.6) is 0 Å². The molecule has 0 radical (unpaired) electrons. The molecule has 3 rings (SSSR count). The van der Waals surface area contributed by atoms with Gasteiger partial charge in [0.2, 0.25) is 0 Å². The maximum atomic E-state index is 5.65. The number of imidazole rings is 1. The third-order valence-electron chi connectivity index (χ3n) is 3.80. The zero-order chi connectivity index (χ0) is 15.5. The second kappa shape index (κ2) is 6.11. The first kappa shape index (κ1) is 14.5. The molecule has 0 amide bonds. The first-order valence-corrected chi connectivity index (χ1v) is 7.39. The topological polar surface area (TPSA) is 81.7 Å². The van der Waals surface area contributed by atoms with Gasteiger partial charge in [-0.3, -0.25) is 4.98 Å². The van der Waals surface area contributed by atoms with E-state index in [0.717, 1.165) is 29.0 Å². The zero-order valence-corrected chi connectivity index (χ0v) is 12.9.